The van der Waals surface area contributed by atoms with E-state index in [9.17, 15) is 9.59 Å². The number of thiazole rings is 1. The summed E-state index contributed by atoms with van der Waals surface area (Å²) in [6.07, 6.45) is 0. The summed E-state index contributed by atoms with van der Waals surface area (Å²) in [7, 11) is 0. The zero-order valence-electron chi connectivity index (χ0n) is 13.6. The van der Waals surface area contributed by atoms with Gasteiger partial charge in [-0.3, -0.25) is 4.79 Å². The van der Waals surface area contributed by atoms with Crippen LogP contribution in [0.15, 0.2) is 6.07 Å². The molecule has 2 rings (SSSR count). The van der Waals surface area contributed by atoms with Crippen molar-refractivity contribution in [1.82, 2.24) is 10.3 Å². The third-order valence-electron chi connectivity index (χ3n) is 3.56. The molecule has 6 nitrogen and oxygen atoms in total. The molecule has 0 aliphatic rings. The van der Waals surface area contributed by atoms with Gasteiger partial charge in [-0.15, -0.1) is 11.3 Å². The number of hydrogen-bond donors (Lipinski definition) is 2. The van der Waals surface area contributed by atoms with Crippen molar-refractivity contribution < 1.29 is 14.7 Å². The van der Waals surface area contributed by atoms with E-state index in [0.717, 1.165) is 27.8 Å². The van der Waals surface area contributed by atoms with E-state index in [-0.39, 0.29) is 11.8 Å². The second kappa shape index (κ2) is 7.27. The van der Waals surface area contributed by atoms with Gasteiger partial charge in [0.05, 0.1) is 9.58 Å². The minimum absolute atomic E-state index is 0.176. The Balaban J connectivity index is 2.19. The van der Waals surface area contributed by atoms with Crippen LogP contribution in [0.25, 0.3) is 9.53 Å². The lowest BCUT2D eigenvalue weighted by Gasteiger charge is -2.17. The second-order valence-electron chi connectivity index (χ2n) is 5.48. The number of fused-ring (bicyclic) bond motifs is 1. The minimum Gasteiger partial charge on any atom is -0.480 e. The number of rotatable bonds is 7. The number of aliphatic carboxylic acids is 1. The van der Waals surface area contributed by atoms with E-state index in [4.69, 9.17) is 5.11 Å². The molecule has 2 heterocycles. The van der Waals surface area contributed by atoms with Crippen molar-refractivity contribution in [2.24, 2.45) is 5.92 Å². The number of nitrogens with one attached hydrogen (secondary N) is 1. The van der Waals surface area contributed by atoms with E-state index in [0.29, 0.717) is 4.88 Å². The second-order valence-corrected chi connectivity index (χ2v) is 7.52. The molecule has 1 atom stereocenters. The van der Waals surface area contributed by atoms with Crippen molar-refractivity contribution >= 4 is 49.2 Å². The maximum absolute atomic E-state index is 12.3. The topological polar surface area (TPSA) is 82.5 Å². The Morgan fingerprint density at radius 1 is 1.30 bits per heavy atom. The monoisotopic (exact) mass is 355 g/mol. The zero-order valence-corrected chi connectivity index (χ0v) is 15.3. The molecule has 0 aliphatic heterocycles. The van der Waals surface area contributed by atoms with Gasteiger partial charge in [0.2, 0.25) is 0 Å². The van der Waals surface area contributed by atoms with E-state index < -0.39 is 12.0 Å². The van der Waals surface area contributed by atoms with Gasteiger partial charge in [-0.05, 0) is 25.8 Å². The number of carboxylic acid groups (broad SMARTS) is 1. The SMILES string of the molecule is CCN(CC)c1nc2sc(C(=O)N[C@@H](C(=O)O)C(C)C)cc2s1. The first-order valence-electron chi connectivity index (χ1n) is 7.56. The third kappa shape index (κ3) is 3.81. The summed E-state index contributed by atoms with van der Waals surface area (Å²) in [4.78, 5) is 31.5. The molecule has 23 heavy (non-hydrogen) atoms. The number of thiophene rings is 1. The Morgan fingerprint density at radius 3 is 2.43 bits per heavy atom. The molecule has 0 aromatic carbocycles. The fourth-order valence-electron chi connectivity index (χ4n) is 2.19. The van der Waals surface area contributed by atoms with Gasteiger partial charge in [-0.25, -0.2) is 9.78 Å². The summed E-state index contributed by atoms with van der Waals surface area (Å²) in [5, 5.41) is 12.7. The largest absolute Gasteiger partial charge is 0.480 e. The highest BCUT2D eigenvalue weighted by atomic mass is 32.1. The number of hydrogen-bond acceptors (Lipinski definition) is 6. The van der Waals surface area contributed by atoms with E-state index in [1.165, 1.54) is 11.3 Å². The molecule has 0 bridgehead atoms. The van der Waals surface area contributed by atoms with Gasteiger partial charge < -0.3 is 15.3 Å². The summed E-state index contributed by atoms with van der Waals surface area (Å²) in [6, 6.07) is 0.904. The molecule has 0 saturated carbocycles. The highest BCUT2D eigenvalue weighted by molar-refractivity contribution is 7.29. The van der Waals surface area contributed by atoms with Crippen LogP contribution in [-0.2, 0) is 4.79 Å². The first-order chi connectivity index (χ1) is 10.9. The summed E-state index contributed by atoms with van der Waals surface area (Å²) >= 11 is 2.85. The molecule has 2 aromatic heterocycles. The standard InChI is InChI=1S/C15H21N3O3S2/c1-5-18(6-2)15-17-13-10(23-15)7-9(22-13)12(19)16-11(8(3)4)14(20)21/h7-8,11H,5-6H2,1-4H3,(H,16,19)(H,20,21)/t11-/m1/s1. The van der Waals surface area contributed by atoms with Gasteiger partial charge in [0.1, 0.15) is 10.9 Å². The highest BCUT2D eigenvalue weighted by Crippen LogP contribution is 2.34. The van der Waals surface area contributed by atoms with Crippen molar-refractivity contribution in [3.63, 3.8) is 0 Å². The van der Waals surface area contributed by atoms with Crippen LogP contribution in [0, 0.1) is 5.92 Å². The summed E-state index contributed by atoms with van der Waals surface area (Å²) in [5.74, 6) is -1.55. The van der Waals surface area contributed by atoms with Crippen molar-refractivity contribution in [3.8, 4) is 0 Å². The highest BCUT2D eigenvalue weighted by Gasteiger charge is 2.25. The van der Waals surface area contributed by atoms with Crippen molar-refractivity contribution in [3.05, 3.63) is 10.9 Å². The van der Waals surface area contributed by atoms with Crippen LogP contribution in [0.3, 0.4) is 0 Å². The molecule has 1 amide bonds. The third-order valence-corrected chi connectivity index (χ3v) is 5.78. The normalized spacial score (nSPS) is 12.6. The minimum atomic E-state index is -1.02. The lowest BCUT2D eigenvalue weighted by Crippen LogP contribution is -2.44. The van der Waals surface area contributed by atoms with Crippen LogP contribution >= 0.6 is 22.7 Å². The van der Waals surface area contributed by atoms with Crippen molar-refractivity contribution in [2.75, 3.05) is 18.0 Å². The Morgan fingerprint density at radius 2 is 1.96 bits per heavy atom. The molecule has 0 unspecified atom stereocenters. The van der Waals surface area contributed by atoms with Crippen molar-refractivity contribution in [1.29, 1.82) is 0 Å². The van der Waals surface area contributed by atoms with Crippen molar-refractivity contribution in [2.45, 2.75) is 33.7 Å². The maximum Gasteiger partial charge on any atom is 0.326 e. The van der Waals surface area contributed by atoms with E-state index >= 15 is 0 Å². The molecule has 2 aromatic rings. The van der Waals surface area contributed by atoms with Gasteiger partial charge in [0.15, 0.2) is 5.13 Å². The molecule has 0 fully saturated rings. The Labute approximate surface area is 143 Å². The summed E-state index contributed by atoms with van der Waals surface area (Å²) < 4.78 is 0.957. The lowest BCUT2D eigenvalue weighted by molar-refractivity contribution is -0.140. The van der Waals surface area contributed by atoms with E-state index in [2.05, 4.69) is 29.0 Å². The van der Waals surface area contributed by atoms with Crippen LogP contribution in [-0.4, -0.2) is 41.1 Å². The maximum atomic E-state index is 12.3. The molecule has 2 N–H and O–H groups in total. The number of carbonyl (C=O) groups is 2. The van der Waals surface area contributed by atoms with Crippen LogP contribution in [0.2, 0.25) is 0 Å². The molecule has 126 valence electrons. The number of nitrogens with zero attached hydrogens (tertiary/aromatic N) is 2. The molecule has 0 spiro atoms. The van der Waals surface area contributed by atoms with Crippen LogP contribution in [0.4, 0.5) is 5.13 Å². The fraction of sp³-hybridized carbons (Fsp3) is 0.533. The van der Waals surface area contributed by atoms with Gasteiger partial charge in [0.25, 0.3) is 5.91 Å². The predicted octanol–water partition coefficient (Wildman–Crippen LogP) is 3.04. The van der Waals surface area contributed by atoms with E-state index in [1.54, 1.807) is 31.3 Å². The molecule has 0 aliphatic carbocycles. The molecular weight excluding hydrogens is 334 g/mol. The average molecular weight is 355 g/mol. The number of anilines is 1. The smallest absolute Gasteiger partial charge is 0.326 e. The van der Waals surface area contributed by atoms with Crippen LogP contribution < -0.4 is 10.2 Å². The Hall–Kier alpha value is -1.67. The Kier molecular flexibility index (Phi) is 5.59. The molecular formula is C15H21N3O3S2. The zero-order chi connectivity index (χ0) is 17.1. The lowest BCUT2D eigenvalue weighted by atomic mass is 10.0. The van der Waals surface area contributed by atoms with Gasteiger partial charge >= 0.3 is 5.97 Å². The predicted molar refractivity (Wildman–Crippen MR) is 94.8 cm³/mol. The molecule has 8 heteroatoms. The quantitative estimate of drug-likeness (QED) is 0.798. The summed E-state index contributed by atoms with van der Waals surface area (Å²) in [5.41, 5.74) is 0. The van der Waals surface area contributed by atoms with Crippen LogP contribution in [0.5, 0.6) is 0 Å². The molecule has 0 saturated heterocycles. The van der Waals surface area contributed by atoms with Gasteiger partial charge in [-0.1, -0.05) is 25.2 Å². The van der Waals surface area contributed by atoms with E-state index in [1.807, 2.05) is 0 Å². The Bertz CT molecular complexity index is 672. The first-order valence-corrected chi connectivity index (χ1v) is 9.19. The molecule has 0 radical (unpaired) electrons. The number of amides is 1. The average Bonchev–Trinajstić information content (AvgIpc) is 3.03. The fourth-order valence-corrected chi connectivity index (χ4v) is 4.43. The number of carbonyl (C=O) groups excluding carboxylic acids is 1. The number of aromatic nitrogens is 1. The van der Waals surface area contributed by atoms with Gasteiger partial charge in [0, 0.05) is 13.1 Å². The van der Waals surface area contributed by atoms with Gasteiger partial charge in [-0.2, -0.15) is 0 Å². The van der Waals surface area contributed by atoms with Crippen LogP contribution in [0.1, 0.15) is 37.4 Å². The number of carboxylic acids is 1. The summed E-state index contributed by atoms with van der Waals surface area (Å²) in [6.45, 7) is 9.47. The first kappa shape index (κ1) is 17.7.